The summed E-state index contributed by atoms with van der Waals surface area (Å²) in [7, 11) is 0. The maximum absolute atomic E-state index is 8.82. The monoisotopic (exact) mass is 295 g/mol. The zero-order valence-corrected chi connectivity index (χ0v) is 12.4. The lowest BCUT2D eigenvalue weighted by Crippen LogP contribution is -1.76. The molecule has 23 heavy (non-hydrogen) atoms. The van der Waals surface area contributed by atoms with Gasteiger partial charge in [-0.2, -0.15) is 5.26 Å². The quantitative estimate of drug-likeness (QED) is 0.449. The Morgan fingerprint density at radius 2 is 1.43 bits per heavy atom. The van der Waals surface area contributed by atoms with Crippen molar-refractivity contribution in [1.82, 2.24) is 0 Å². The van der Waals surface area contributed by atoms with E-state index in [0.717, 1.165) is 33.1 Å². The van der Waals surface area contributed by atoms with E-state index in [4.69, 9.17) is 9.68 Å². The van der Waals surface area contributed by atoms with Gasteiger partial charge in [-0.3, -0.25) is 0 Å². The van der Waals surface area contributed by atoms with Crippen molar-refractivity contribution < 1.29 is 4.42 Å². The van der Waals surface area contributed by atoms with Crippen LogP contribution in [0.25, 0.3) is 34.1 Å². The highest BCUT2D eigenvalue weighted by Gasteiger charge is 2.05. The van der Waals surface area contributed by atoms with Crippen LogP contribution in [0.15, 0.2) is 71.1 Å². The lowest BCUT2D eigenvalue weighted by Gasteiger charge is -1.96. The van der Waals surface area contributed by atoms with Gasteiger partial charge in [-0.25, -0.2) is 0 Å². The summed E-state index contributed by atoms with van der Waals surface area (Å²) in [6.07, 6.45) is 4.08. The third kappa shape index (κ3) is 2.49. The molecule has 0 atom stereocenters. The van der Waals surface area contributed by atoms with Crippen LogP contribution in [0.4, 0.5) is 0 Å². The van der Waals surface area contributed by atoms with Gasteiger partial charge < -0.3 is 4.42 Å². The molecule has 0 saturated carbocycles. The van der Waals surface area contributed by atoms with E-state index in [0.29, 0.717) is 5.56 Å². The molecule has 0 bridgehead atoms. The highest BCUT2D eigenvalue weighted by atomic mass is 16.3. The van der Waals surface area contributed by atoms with Gasteiger partial charge in [-0.15, -0.1) is 0 Å². The van der Waals surface area contributed by atoms with E-state index < -0.39 is 0 Å². The molecule has 0 amide bonds. The second-order valence-electron chi connectivity index (χ2n) is 5.42. The fraction of sp³-hybridized carbons (Fsp3) is 0. The topological polar surface area (TPSA) is 36.9 Å². The van der Waals surface area contributed by atoms with Crippen LogP contribution in [0.2, 0.25) is 0 Å². The molecule has 0 aliphatic rings. The normalized spacial score (nSPS) is 11.3. The van der Waals surface area contributed by atoms with Crippen molar-refractivity contribution in [2.75, 3.05) is 0 Å². The lowest BCUT2D eigenvalue weighted by atomic mass is 10.1. The predicted octanol–water partition coefficient (Wildman–Crippen LogP) is 5.63. The van der Waals surface area contributed by atoms with Crippen molar-refractivity contribution >= 4 is 34.1 Å². The van der Waals surface area contributed by atoms with Crippen LogP contribution in [0.3, 0.4) is 0 Å². The molecule has 0 unspecified atom stereocenters. The van der Waals surface area contributed by atoms with Crippen molar-refractivity contribution in [2.45, 2.75) is 0 Å². The summed E-state index contributed by atoms with van der Waals surface area (Å²) in [5.41, 5.74) is 4.63. The molecular weight excluding hydrogens is 282 g/mol. The van der Waals surface area contributed by atoms with Gasteiger partial charge in [0.25, 0.3) is 0 Å². The van der Waals surface area contributed by atoms with Gasteiger partial charge in [0.1, 0.15) is 11.2 Å². The largest absolute Gasteiger partial charge is 0.456 e. The van der Waals surface area contributed by atoms with Crippen molar-refractivity contribution in [2.24, 2.45) is 0 Å². The van der Waals surface area contributed by atoms with Crippen molar-refractivity contribution in [3.63, 3.8) is 0 Å². The van der Waals surface area contributed by atoms with Gasteiger partial charge in [-0.1, -0.05) is 48.6 Å². The lowest BCUT2D eigenvalue weighted by molar-refractivity contribution is 0.669. The zero-order chi connectivity index (χ0) is 15.6. The highest BCUT2D eigenvalue weighted by Crippen LogP contribution is 2.29. The van der Waals surface area contributed by atoms with Crippen molar-refractivity contribution in [3.05, 3.63) is 83.4 Å². The van der Waals surface area contributed by atoms with Crippen LogP contribution in [0.5, 0.6) is 0 Å². The number of para-hydroxylation sites is 1. The number of fused-ring (bicyclic) bond motifs is 3. The number of benzene rings is 3. The van der Waals surface area contributed by atoms with Crippen molar-refractivity contribution in [3.8, 4) is 6.07 Å². The minimum absolute atomic E-state index is 0.672. The molecule has 2 nitrogen and oxygen atoms in total. The third-order valence-corrected chi connectivity index (χ3v) is 3.91. The van der Waals surface area contributed by atoms with E-state index in [9.17, 15) is 0 Å². The summed E-state index contributed by atoms with van der Waals surface area (Å²) in [5.74, 6) is 0. The predicted molar refractivity (Wildman–Crippen MR) is 93.8 cm³/mol. The summed E-state index contributed by atoms with van der Waals surface area (Å²) in [4.78, 5) is 0. The molecule has 4 aromatic rings. The number of hydrogen-bond donors (Lipinski definition) is 0. The molecule has 4 rings (SSSR count). The molecule has 0 spiro atoms. The Bertz CT molecular complexity index is 1060. The minimum Gasteiger partial charge on any atom is -0.456 e. The van der Waals surface area contributed by atoms with Gasteiger partial charge in [0.05, 0.1) is 11.6 Å². The number of hydrogen-bond acceptors (Lipinski definition) is 2. The highest BCUT2D eigenvalue weighted by molar-refractivity contribution is 6.05. The molecule has 1 heterocycles. The minimum atomic E-state index is 0.672. The standard InChI is InChI=1S/C21H13NO/c22-14-17-9-6-15(7-10-17)5-8-16-11-12-19-18-3-1-2-4-20(18)23-21(19)13-16/h1-13H/b8-5+. The molecule has 3 aromatic carbocycles. The first-order valence-corrected chi connectivity index (χ1v) is 7.43. The Morgan fingerprint density at radius 3 is 2.26 bits per heavy atom. The first-order valence-electron chi connectivity index (χ1n) is 7.43. The Balaban J connectivity index is 1.70. The molecule has 0 N–H and O–H groups in total. The van der Waals surface area contributed by atoms with Crippen molar-refractivity contribution in [1.29, 1.82) is 5.26 Å². The molecule has 0 aliphatic carbocycles. The summed E-state index contributed by atoms with van der Waals surface area (Å²) in [5, 5.41) is 11.1. The van der Waals surface area contributed by atoms with Gasteiger partial charge >= 0.3 is 0 Å². The number of rotatable bonds is 2. The number of nitriles is 1. The molecule has 0 radical (unpaired) electrons. The zero-order valence-electron chi connectivity index (χ0n) is 12.4. The van der Waals surface area contributed by atoms with Crippen LogP contribution in [-0.4, -0.2) is 0 Å². The molecule has 0 aliphatic heterocycles. The van der Waals surface area contributed by atoms with Gasteiger partial charge in [0, 0.05) is 10.8 Å². The molecule has 2 heteroatoms. The fourth-order valence-corrected chi connectivity index (χ4v) is 2.71. The fourth-order valence-electron chi connectivity index (χ4n) is 2.71. The number of furan rings is 1. The first-order chi connectivity index (χ1) is 11.3. The van der Waals surface area contributed by atoms with E-state index >= 15 is 0 Å². The van der Waals surface area contributed by atoms with E-state index in [1.165, 1.54) is 0 Å². The summed E-state index contributed by atoms with van der Waals surface area (Å²) in [6.45, 7) is 0. The van der Waals surface area contributed by atoms with Gasteiger partial charge in [-0.05, 0) is 41.5 Å². The second kappa shape index (κ2) is 5.47. The average molecular weight is 295 g/mol. The second-order valence-corrected chi connectivity index (χ2v) is 5.42. The molecule has 0 fully saturated rings. The first kappa shape index (κ1) is 13.4. The van der Waals surface area contributed by atoms with E-state index in [2.05, 4.69) is 30.3 Å². The SMILES string of the molecule is N#Cc1ccc(/C=C/c2ccc3c(c2)oc2ccccc23)cc1. The van der Waals surface area contributed by atoms with E-state index in [1.54, 1.807) is 0 Å². The Hall–Kier alpha value is -3.31. The van der Waals surface area contributed by atoms with Crippen LogP contribution in [0.1, 0.15) is 16.7 Å². The Labute approximate surface area is 133 Å². The van der Waals surface area contributed by atoms with Crippen LogP contribution in [-0.2, 0) is 0 Å². The average Bonchev–Trinajstić information content (AvgIpc) is 2.98. The summed E-state index contributed by atoms with van der Waals surface area (Å²) >= 11 is 0. The van der Waals surface area contributed by atoms with E-state index in [-0.39, 0.29) is 0 Å². The van der Waals surface area contributed by atoms with Crippen LogP contribution in [0, 0.1) is 11.3 Å². The Morgan fingerprint density at radius 1 is 0.739 bits per heavy atom. The summed E-state index contributed by atoms with van der Waals surface area (Å²) < 4.78 is 5.91. The number of nitrogens with zero attached hydrogens (tertiary/aromatic N) is 1. The van der Waals surface area contributed by atoms with E-state index in [1.807, 2.05) is 54.6 Å². The molecule has 108 valence electrons. The maximum Gasteiger partial charge on any atom is 0.136 e. The molecule has 0 saturated heterocycles. The third-order valence-electron chi connectivity index (χ3n) is 3.91. The smallest absolute Gasteiger partial charge is 0.136 e. The maximum atomic E-state index is 8.82. The van der Waals surface area contributed by atoms with Crippen LogP contribution >= 0.6 is 0 Å². The molecular formula is C21H13NO. The Kier molecular flexibility index (Phi) is 3.18. The van der Waals surface area contributed by atoms with Gasteiger partial charge in [0.15, 0.2) is 0 Å². The summed E-state index contributed by atoms with van der Waals surface area (Å²) in [6, 6.07) is 24.0. The van der Waals surface area contributed by atoms with Gasteiger partial charge in [0.2, 0.25) is 0 Å². The van der Waals surface area contributed by atoms with Crippen LogP contribution < -0.4 is 0 Å². The molecule has 1 aromatic heterocycles.